The fourth-order valence-corrected chi connectivity index (χ4v) is 0.262. The van der Waals surface area contributed by atoms with E-state index in [1.54, 1.807) is 0 Å². The minimum atomic E-state index is 0.0625. The van der Waals surface area contributed by atoms with Crippen molar-refractivity contribution >= 4 is 0 Å². The maximum Gasteiger partial charge on any atom is 0.00907 e. The van der Waals surface area contributed by atoms with Gasteiger partial charge in [0.15, 0.2) is 0 Å². The van der Waals surface area contributed by atoms with Gasteiger partial charge in [0.05, 0.1) is 0 Å². The first-order valence-corrected chi connectivity index (χ1v) is 3.09. The highest BCUT2D eigenvalue weighted by Gasteiger charge is 2.19. The molecule has 8 heavy (non-hydrogen) atoms. The SMILES string of the molecule is [CH2]C(N)C(C)(C)CC. The summed E-state index contributed by atoms with van der Waals surface area (Å²) >= 11 is 0. The smallest absolute Gasteiger partial charge is 0.00907 e. The van der Waals surface area contributed by atoms with E-state index < -0.39 is 0 Å². The van der Waals surface area contributed by atoms with Crippen molar-refractivity contribution in [3.05, 3.63) is 6.92 Å². The maximum absolute atomic E-state index is 5.57. The lowest BCUT2D eigenvalue weighted by Gasteiger charge is -2.26. The Hall–Kier alpha value is -0.0400. The molecule has 1 atom stereocenters. The van der Waals surface area contributed by atoms with E-state index in [-0.39, 0.29) is 11.5 Å². The van der Waals surface area contributed by atoms with Crippen LogP contribution in [0.3, 0.4) is 0 Å². The highest BCUT2D eigenvalue weighted by molar-refractivity contribution is 4.81. The van der Waals surface area contributed by atoms with Gasteiger partial charge in [0.1, 0.15) is 0 Å². The lowest BCUT2D eigenvalue weighted by Crippen LogP contribution is -2.33. The largest absolute Gasteiger partial charge is 0.327 e. The molecule has 0 aromatic heterocycles. The van der Waals surface area contributed by atoms with Crippen LogP contribution in [0.25, 0.3) is 0 Å². The second-order valence-corrected chi connectivity index (χ2v) is 2.95. The van der Waals surface area contributed by atoms with Crippen molar-refractivity contribution < 1.29 is 0 Å². The van der Waals surface area contributed by atoms with Crippen LogP contribution in [-0.4, -0.2) is 6.04 Å². The zero-order chi connectivity index (χ0) is 6.78. The molecule has 0 saturated heterocycles. The lowest BCUT2D eigenvalue weighted by molar-refractivity contribution is 0.310. The molecule has 0 spiro atoms. The quantitative estimate of drug-likeness (QED) is 0.579. The Bertz CT molecular complexity index is 64.8. The van der Waals surface area contributed by atoms with Crippen LogP contribution < -0.4 is 5.73 Å². The van der Waals surface area contributed by atoms with Crippen molar-refractivity contribution in [1.82, 2.24) is 0 Å². The maximum atomic E-state index is 5.57. The fourth-order valence-electron chi connectivity index (χ4n) is 0.262. The fraction of sp³-hybridized carbons (Fsp3) is 0.857. The highest BCUT2D eigenvalue weighted by atomic mass is 14.7. The molecular formula is C7H16N. The van der Waals surface area contributed by atoms with Crippen LogP contribution in [0.2, 0.25) is 0 Å². The van der Waals surface area contributed by atoms with Gasteiger partial charge in [0.25, 0.3) is 0 Å². The average Bonchev–Trinajstić information content (AvgIpc) is 1.67. The Balaban J connectivity index is 3.71. The molecule has 0 rings (SSSR count). The minimum absolute atomic E-state index is 0.0625. The van der Waals surface area contributed by atoms with Gasteiger partial charge in [-0.2, -0.15) is 0 Å². The van der Waals surface area contributed by atoms with Crippen LogP contribution in [-0.2, 0) is 0 Å². The lowest BCUT2D eigenvalue weighted by atomic mass is 9.84. The molecule has 0 aliphatic carbocycles. The summed E-state index contributed by atoms with van der Waals surface area (Å²) in [5, 5.41) is 0. The summed E-state index contributed by atoms with van der Waals surface area (Å²) < 4.78 is 0. The normalized spacial score (nSPS) is 16.1. The Morgan fingerprint density at radius 3 is 2.00 bits per heavy atom. The van der Waals surface area contributed by atoms with Crippen LogP contribution >= 0.6 is 0 Å². The van der Waals surface area contributed by atoms with Crippen LogP contribution in [0.5, 0.6) is 0 Å². The van der Waals surface area contributed by atoms with E-state index in [2.05, 4.69) is 27.7 Å². The minimum Gasteiger partial charge on any atom is -0.327 e. The summed E-state index contributed by atoms with van der Waals surface area (Å²) in [6, 6.07) is 0.0625. The van der Waals surface area contributed by atoms with Gasteiger partial charge in [-0.1, -0.05) is 20.8 Å². The summed E-state index contributed by atoms with van der Waals surface area (Å²) in [5.41, 5.74) is 5.78. The molecule has 2 N–H and O–H groups in total. The van der Waals surface area contributed by atoms with E-state index >= 15 is 0 Å². The molecule has 1 heteroatoms. The van der Waals surface area contributed by atoms with Crippen LogP contribution in [0.4, 0.5) is 0 Å². The van der Waals surface area contributed by atoms with E-state index in [0.717, 1.165) is 6.42 Å². The van der Waals surface area contributed by atoms with Gasteiger partial charge in [-0.15, -0.1) is 0 Å². The summed E-state index contributed by atoms with van der Waals surface area (Å²) in [5.74, 6) is 0. The van der Waals surface area contributed by atoms with Gasteiger partial charge in [0.2, 0.25) is 0 Å². The van der Waals surface area contributed by atoms with E-state index in [9.17, 15) is 0 Å². The molecule has 1 unspecified atom stereocenters. The first-order chi connectivity index (χ1) is 3.50. The number of hydrogen-bond acceptors (Lipinski definition) is 1. The van der Waals surface area contributed by atoms with E-state index in [1.165, 1.54) is 0 Å². The summed E-state index contributed by atoms with van der Waals surface area (Å²) in [6.45, 7) is 10.1. The van der Waals surface area contributed by atoms with E-state index in [0.29, 0.717) is 0 Å². The summed E-state index contributed by atoms with van der Waals surface area (Å²) in [6.07, 6.45) is 1.09. The number of rotatable bonds is 2. The third-order valence-electron chi connectivity index (χ3n) is 1.92. The average molecular weight is 114 g/mol. The number of nitrogens with two attached hydrogens (primary N) is 1. The molecule has 0 bridgehead atoms. The summed E-state index contributed by atoms with van der Waals surface area (Å²) in [4.78, 5) is 0. The first kappa shape index (κ1) is 7.96. The van der Waals surface area contributed by atoms with Crippen molar-refractivity contribution in [2.45, 2.75) is 33.2 Å². The van der Waals surface area contributed by atoms with Gasteiger partial charge in [-0.05, 0) is 18.8 Å². The standard InChI is InChI=1S/C7H16N/c1-5-7(3,4)6(2)8/h6H,2,5,8H2,1,3-4H3. The molecule has 1 radical (unpaired) electrons. The predicted octanol–water partition coefficient (Wildman–Crippen LogP) is 1.58. The molecule has 0 aliphatic rings. The highest BCUT2D eigenvalue weighted by Crippen LogP contribution is 2.21. The second-order valence-electron chi connectivity index (χ2n) is 2.95. The van der Waals surface area contributed by atoms with Crippen LogP contribution in [0.15, 0.2) is 0 Å². The molecule has 0 heterocycles. The molecule has 0 fully saturated rings. The van der Waals surface area contributed by atoms with Crippen molar-refractivity contribution in [2.75, 3.05) is 0 Å². The Kier molecular flexibility index (Phi) is 2.48. The van der Waals surface area contributed by atoms with E-state index in [4.69, 9.17) is 5.73 Å². The molecular weight excluding hydrogens is 98.1 g/mol. The van der Waals surface area contributed by atoms with Gasteiger partial charge < -0.3 is 5.73 Å². The molecule has 0 aromatic carbocycles. The molecule has 0 aliphatic heterocycles. The zero-order valence-electron chi connectivity index (χ0n) is 6.07. The number of hydrogen-bond donors (Lipinski definition) is 1. The van der Waals surface area contributed by atoms with Crippen LogP contribution in [0, 0.1) is 12.3 Å². The van der Waals surface area contributed by atoms with Gasteiger partial charge in [0, 0.05) is 6.04 Å². The Labute approximate surface area is 52.3 Å². The van der Waals surface area contributed by atoms with Crippen molar-refractivity contribution in [3.63, 3.8) is 0 Å². The van der Waals surface area contributed by atoms with Crippen molar-refractivity contribution in [3.8, 4) is 0 Å². The second kappa shape index (κ2) is 2.49. The van der Waals surface area contributed by atoms with E-state index in [1.807, 2.05) is 0 Å². The van der Waals surface area contributed by atoms with Crippen molar-refractivity contribution in [2.24, 2.45) is 11.1 Å². The predicted molar refractivity (Wildman–Crippen MR) is 37.4 cm³/mol. The topological polar surface area (TPSA) is 26.0 Å². The third kappa shape index (κ3) is 1.83. The van der Waals surface area contributed by atoms with Crippen LogP contribution in [0.1, 0.15) is 27.2 Å². The first-order valence-electron chi connectivity index (χ1n) is 3.09. The molecule has 0 saturated carbocycles. The Morgan fingerprint density at radius 1 is 1.62 bits per heavy atom. The zero-order valence-corrected chi connectivity index (χ0v) is 6.07. The third-order valence-corrected chi connectivity index (χ3v) is 1.92. The van der Waals surface area contributed by atoms with Gasteiger partial charge >= 0.3 is 0 Å². The molecule has 1 nitrogen and oxygen atoms in total. The monoisotopic (exact) mass is 114 g/mol. The molecule has 49 valence electrons. The Morgan fingerprint density at radius 2 is 2.00 bits per heavy atom. The molecule has 0 aromatic rings. The molecule has 0 amide bonds. The summed E-state index contributed by atoms with van der Waals surface area (Å²) in [7, 11) is 0. The van der Waals surface area contributed by atoms with Gasteiger partial charge in [-0.3, -0.25) is 0 Å². The van der Waals surface area contributed by atoms with Crippen molar-refractivity contribution in [1.29, 1.82) is 0 Å². The van der Waals surface area contributed by atoms with Gasteiger partial charge in [-0.25, -0.2) is 0 Å².